The van der Waals surface area contributed by atoms with Gasteiger partial charge in [-0.3, -0.25) is 9.78 Å². The average Bonchev–Trinajstić information content (AvgIpc) is 3.34. The third-order valence-corrected chi connectivity index (χ3v) is 5.13. The minimum absolute atomic E-state index is 0.0595. The van der Waals surface area contributed by atoms with Crippen LogP contribution in [-0.2, 0) is 0 Å². The topological polar surface area (TPSA) is 87.7 Å². The predicted octanol–water partition coefficient (Wildman–Crippen LogP) is 2.65. The van der Waals surface area contributed by atoms with Gasteiger partial charge in [0, 0.05) is 37.1 Å². The second-order valence-electron chi connectivity index (χ2n) is 6.12. The van der Waals surface area contributed by atoms with Crippen LogP contribution in [0.15, 0.2) is 30.2 Å². The molecule has 0 spiro atoms. The van der Waals surface area contributed by atoms with Crippen LogP contribution in [0, 0.1) is 6.92 Å². The lowest BCUT2D eigenvalue weighted by Gasteiger charge is -2.32. The Morgan fingerprint density at radius 3 is 3.08 bits per heavy atom. The molecule has 128 valence electrons. The molecular formula is C17H18N6OS. The molecule has 1 fully saturated rings. The third-order valence-electron chi connectivity index (χ3n) is 4.37. The summed E-state index contributed by atoms with van der Waals surface area (Å²) in [7, 11) is 0. The molecule has 7 nitrogen and oxygen atoms in total. The third kappa shape index (κ3) is 3.30. The molecule has 25 heavy (non-hydrogen) atoms. The Balaban J connectivity index is 1.58. The lowest BCUT2D eigenvalue weighted by atomic mass is 9.94. The van der Waals surface area contributed by atoms with E-state index in [-0.39, 0.29) is 11.8 Å². The number of thiazole rings is 1. The van der Waals surface area contributed by atoms with Gasteiger partial charge >= 0.3 is 0 Å². The van der Waals surface area contributed by atoms with Gasteiger partial charge in [-0.2, -0.15) is 0 Å². The second kappa shape index (κ2) is 6.72. The zero-order valence-electron chi connectivity index (χ0n) is 13.8. The second-order valence-corrected chi connectivity index (χ2v) is 7.01. The number of hydrogen-bond donors (Lipinski definition) is 1. The van der Waals surface area contributed by atoms with Crippen molar-refractivity contribution in [2.75, 3.05) is 13.1 Å². The van der Waals surface area contributed by atoms with Crippen molar-refractivity contribution in [2.24, 2.45) is 0 Å². The number of piperidine rings is 1. The molecule has 1 aliphatic heterocycles. The molecule has 0 aromatic carbocycles. The van der Waals surface area contributed by atoms with Gasteiger partial charge < -0.3 is 9.88 Å². The molecule has 1 amide bonds. The molecule has 1 aliphatic rings. The van der Waals surface area contributed by atoms with Gasteiger partial charge in [0.05, 0.1) is 11.7 Å². The largest absolute Gasteiger partial charge is 0.343 e. The molecular weight excluding hydrogens is 336 g/mol. The normalized spacial score (nSPS) is 17.6. The monoisotopic (exact) mass is 354 g/mol. The van der Waals surface area contributed by atoms with Crippen molar-refractivity contribution >= 4 is 17.2 Å². The lowest BCUT2D eigenvalue weighted by Crippen LogP contribution is -2.39. The molecule has 1 N–H and O–H groups in total. The van der Waals surface area contributed by atoms with Crippen LogP contribution in [0.3, 0.4) is 0 Å². The van der Waals surface area contributed by atoms with Crippen LogP contribution in [0.4, 0.5) is 0 Å². The fraction of sp³-hybridized carbons (Fsp3) is 0.353. The highest BCUT2D eigenvalue weighted by atomic mass is 32.1. The molecule has 3 aromatic heterocycles. The van der Waals surface area contributed by atoms with Crippen LogP contribution in [0.25, 0.3) is 11.5 Å². The number of amides is 1. The Labute approximate surface area is 149 Å². The first-order chi connectivity index (χ1) is 12.2. The quantitative estimate of drug-likeness (QED) is 0.781. The highest BCUT2D eigenvalue weighted by molar-refractivity contribution is 7.11. The summed E-state index contributed by atoms with van der Waals surface area (Å²) in [4.78, 5) is 35.7. The highest BCUT2D eigenvalue weighted by Gasteiger charge is 2.27. The van der Waals surface area contributed by atoms with Crippen molar-refractivity contribution in [3.05, 3.63) is 46.6 Å². The van der Waals surface area contributed by atoms with E-state index in [2.05, 4.69) is 24.9 Å². The highest BCUT2D eigenvalue weighted by Crippen LogP contribution is 2.28. The number of nitrogens with zero attached hydrogens (tertiary/aromatic N) is 5. The summed E-state index contributed by atoms with van der Waals surface area (Å²) in [5, 5.41) is 0. The van der Waals surface area contributed by atoms with Crippen molar-refractivity contribution in [1.82, 2.24) is 29.8 Å². The van der Waals surface area contributed by atoms with Gasteiger partial charge in [-0.05, 0) is 25.8 Å². The van der Waals surface area contributed by atoms with Crippen LogP contribution < -0.4 is 0 Å². The van der Waals surface area contributed by atoms with E-state index in [4.69, 9.17) is 0 Å². The standard InChI is InChI=1S/C17H18N6OS/c1-11-21-13(7-14(22-11)16-19-4-5-20-16)12-3-2-6-23(9-12)17(24)15-8-18-10-25-15/h4-5,7-8,10,12H,2-3,6,9H2,1H3,(H,19,20). The number of nitrogens with one attached hydrogen (secondary N) is 1. The summed E-state index contributed by atoms with van der Waals surface area (Å²) in [5.74, 6) is 1.72. The van der Waals surface area contributed by atoms with E-state index >= 15 is 0 Å². The van der Waals surface area contributed by atoms with Crippen molar-refractivity contribution in [2.45, 2.75) is 25.7 Å². The first kappa shape index (κ1) is 15.9. The SMILES string of the molecule is Cc1nc(-c2ncc[nH]2)cc(C2CCCN(C(=O)c3cncs3)C2)n1. The number of aromatic amines is 1. The van der Waals surface area contributed by atoms with E-state index < -0.39 is 0 Å². The smallest absolute Gasteiger partial charge is 0.265 e. The van der Waals surface area contributed by atoms with Crippen LogP contribution in [-0.4, -0.2) is 48.8 Å². The number of likely N-dealkylation sites (tertiary alicyclic amines) is 1. The molecule has 3 aromatic rings. The number of H-pyrrole nitrogens is 1. The Kier molecular flexibility index (Phi) is 4.27. The van der Waals surface area contributed by atoms with Gasteiger partial charge in [-0.1, -0.05) is 0 Å². The zero-order valence-corrected chi connectivity index (χ0v) is 14.7. The van der Waals surface area contributed by atoms with Crippen LogP contribution >= 0.6 is 11.3 Å². The minimum atomic E-state index is 0.0595. The fourth-order valence-corrected chi connectivity index (χ4v) is 3.79. The molecule has 1 unspecified atom stereocenters. The first-order valence-corrected chi connectivity index (χ1v) is 9.12. The van der Waals surface area contributed by atoms with Gasteiger partial charge in [-0.25, -0.2) is 15.0 Å². The maximum atomic E-state index is 12.6. The molecule has 4 heterocycles. The zero-order chi connectivity index (χ0) is 17.2. The Morgan fingerprint density at radius 1 is 1.40 bits per heavy atom. The van der Waals surface area contributed by atoms with Crippen molar-refractivity contribution < 1.29 is 4.79 Å². The van der Waals surface area contributed by atoms with Crippen molar-refractivity contribution in [1.29, 1.82) is 0 Å². The van der Waals surface area contributed by atoms with Crippen molar-refractivity contribution in [3.8, 4) is 11.5 Å². The molecule has 0 radical (unpaired) electrons. The fourth-order valence-electron chi connectivity index (χ4n) is 3.21. The summed E-state index contributed by atoms with van der Waals surface area (Å²) in [5.41, 5.74) is 3.46. The molecule has 4 rings (SSSR count). The van der Waals surface area contributed by atoms with Crippen LogP contribution in [0.1, 0.15) is 39.9 Å². The maximum absolute atomic E-state index is 12.6. The molecule has 1 saturated heterocycles. The molecule has 8 heteroatoms. The summed E-state index contributed by atoms with van der Waals surface area (Å²) in [6, 6.07) is 1.98. The van der Waals surface area contributed by atoms with E-state index in [0.717, 1.165) is 42.4 Å². The van der Waals surface area contributed by atoms with Gasteiger partial charge in [0.15, 0.2) is 5.82 Å². The lowest BCUT2D eigenvalue weighted by molar-refractivity contribution is 0.0710. The molecule has 0 aliphatic carbocycles. The molecule has 0 bridgehead atoms. The first-order valence-electron chi connectivity index (χ1n) is 8.24. The van der Waals surface area contributed by atoms with Crippen molar-refractivity contribution in [3.63, 3.8) is 0 Å². The number of carbonyl (C=O) groups is 1. The number of rotatable bonds is 3. The number of aromatic nitrogens is 5. The summed E-state index contributed by atoms with van der Waals surface area (Å²) in [6.07, 6.45) is 7.11. The number of aryl methyl sites for hydroxylation is 1. The Morgan fingerprint density at radius 2 is 2.32 bits per heavy atom. The number of carbonyl (C=O) groups excluding carboxylic acids is 1. The van der Waals surface area contributed by atoms with E-state index in [1.54, 1.807) is 24.1 Å². The van der Waals surface area contributed by atoms with E-state index in [1.807, 2.05) is 17.9 Å². The predicted molar refractivity (Wildman–Crippen MR) is 94.3 cm³/mol. The average molecular weight is 354 g/mol. The molecule has 0 saturated carbocycles. The van der Waals surface area contributed by atoms with Crippen LogP contribution in [0.2, 0.25) is 0 Å². The summed E-state index contributed by atoms with van der Waals surface area (Å²) in [6.45, 7) is 3.34. The Bertz CT molecular complexity index is 861. The Hall–Kier alpha value is -2.61. The summed E-state index contributed by atoms with van der Waals surface area (Å²) < 4.78 is 0. The number of hydrogen-bond acceptors (Lipinski definition) is 6. The maximum Gasteiger partial charge on any atom is 0.265 e. The van der Waals surface area contributed by atoms with Gasteiger partial charge in [0.25, 0.3) is 5.91 Å². The molecule has 1 atom stereocenters. The van der Waals surface area contributed by atoms with E-state index in [1.165, 1.54) is 11.3 Å². The van der Waals surface area contributed by atoms with Gasteiger partial charge in [0.2, 0.25) is 0 Å². The van der Waals surface area contributed by atoms with Crippen LogP contribution in [0.5, 0.6) is 0 Å². The van der Waals surface area contributed by atoms with E-state index in [0.29, 0.717) is 11.4 Å². The van der Waals surface area contributed by atoms with E-state index in [9.17, 15) is 4.79 Å². The summed E-state index contributed by atoms with van der Waals surface area (Å²) >= 11 is 1.38. The van der Waals surface area contributed by atoms with Gasteiger partial charge in [-0.15, -0.1) is 11.3 Å². The minimum Gasteiger partial charge on any atom is -0.343 e. The van der Waals surface area contributed by atoms with Gasteiger partial charge in [0.1, 0.15) is 16.4 Å². The number of imidazole rings is 1.